The van der Waals surface area contributed by atoms with E-state index in [4.69, 9.17) is 23.2 Å². The standard InChI is InChI=1S/C11H12Cl2O/c1-11(2,3)8-4-7(6-14)10(13)9(12)5-8/h4-6H,1-3H3. The number of carbonyl (C=O) groups is 1. The number of aldehydes is 1. The van der Waals surface area contributed by atoms with E-state index in [0.717, 1.165) is 11.8 Å². The maximum absolute atomic E-state index is 10.7. The third-order valence-electron chi connectivity index (χ3n) is 2.05. The Balaban J connectivity index is 3.37. The Morgan fingerprint density at radius 2 is 1.79 bits per heavy atom. The molecule has 1 aromatic carbocycles. The molecular formula is C11H12Cl2O. The lowest BCUT2D eigenvalue weighted by Crippen LogP contribution is -2.11. The van der Waals surface area contributed by atoms with Gasteiger partial charge in [-0.1, -0.05) is 44.0 Å². The van der Waals surface area contributed by atoms with Gasteiger partial charge in [0.1, 0.15) is 0 Å². The zero-order valence-corrected chi connectivity index (χ0v) is 9.91. The summed E-state index contributed by atoms with van der Waals surface area (Å²) in [5.41, 5.74) is 1.42. The average molecular weight is 231 g/mol. The quantitative estimate of drug-likeness (QED) is 0.665. The molecule has 0 N–H and O–H groups in total. The van der Waals surface area contributed by atoms with Gasteiger partial charge >= 0.3 is 0 Å². The molecule has 0 aliphatic heterocycles. The molecule has 0 saturated carbocycles. The van der Waals surface area contributed by atoms with E-state index in [0.29, 0.717) is 15.6 Å². The van der Waals surface area contributed by atoms with Crippen molar-refractivity contribution in [2.24, 2.45) is 0 Å². The van der Waals surface area contributed by atoms with Crippen LogP contribution in [0.2, 0.25) is 10.0 Å². The van der Waals surface area contributed by atoms with E-state index >= 15 is 0 Å². The van der Waals surface area contributed by atoms with Crippen LogP contribution in [0.15, 0.2) is 12.1 Å². The van der Waals surface area contributed by atoms with Crippen LogP contribution in [0.4, 0.5) is 0 Å². The fourth-order valence-corrected chi connectivity index (χ4v) is 1.51. The van der Waals surface area contributed by atoms with Crippen LogP contribution >= 0.6 is 23.2 Å². The molecule has 76 valence electrons. The van der Waals surface area contributed by atoms with Crippen molar-refractivity contribution in [1.29, 1.82) is 0 Å². The second kappa shape index (κ2) is 3.92. The predicted octanol–water partition coefficient (Wildman–Crippen LogP) is 4.10. The van der Waals surface area contributed by atoms with Gasteiger partial charge in [0.05, 0.1) is 10.0 Å². The zero-order chi connectivity index (χ0) is 10.9. The van der Waals surface area contributed by atoms with Crippen molar-refractivity contribution >= 4 is 29.5 Å². The first kappa shape index (κ1) is 11.5. The normalized spacial score (nSPS) is 11.5. The Bertz CT molecular complexity index is 364. The van der Waals surface area contributed by atoms with Gasteiger partial charge in [0, 0.05) is 5.56 Å². The Kier molecular flexibility index (Phi) is 3.23. The van der Waals surface area contributed by atoms with E-state index < -0.39 is 0 Å². The number of hydrogen-bond acceptors (Lipinski definition) is 1. The van der Waals surface area contributed by atoms with Gasteiger partial charge in [-0.25, -0.2) is 0 Å². The molecule has 0 aliphatic rings. The fourth-order valence-electron chi connectivity index (χ4n) is 1.13. The van der Waals surface area contributed by atoms with Gasteiger partial charge in [-0.3, -0.25) is 4.79 Å². The summed E-state index contributed by atoms with van der Waals surface area (Å²) in [6.07, 6.45) is 0.726. The highest BCUT2D eigenvalue weighted by Crippen LogP contribution is 2.31. The van der Waals surface area contributed by atoms with Crippen LogP contribution in [0.25, 0.3) is 0 Å². The van der Waals surface area contributed by atoms with E-state index in [1.807, 2.05) is 0 Å². The second-order valence-electron chi connectivity index (χ2n) is 4.23. The van der Waals surface area contributed by atoms with Crippen molar-refractivity contribution in [3.05, 3.63) is 33.3 Å². The molecule has 0 radical (unpaired) electrons. The highest BCUT2D eigenvalue weighted by molar-refractivity contribution is 6.43. The van der Waals surface area contributed by atoms with Crippen LogP contribution in [0.5, 0.6) is 0 Å². The van der Waals surface area contributed by atoms with E-state index in [-0.39, 0.29) is 5.41 Å². The van der Waals surface area contributed by atoms with E-state index in [1.54, 1.807) is 12.1 Å². The van der Waals surface area contributed by atoms with Gasteiger partial charge < -0.3 is 0 Å². The lowest BCUT2D eigenvalue weighted by Gasteiger charge is -2.20. The third-order valence-corrected chi connectivity index (χ3v) is 2.87. The Morgan fingerprint density at radius 3 is 2.21 bits per heavy atom. The molecule has 0 unspecified atom stereocenters. The number of rotatable bonds is 1. The van der Waals surface area contributed by atoms with Crippen molar-refractivity contribution in [3.63, 3.8) is 0 Å². The molecule has 0 aromatic heterocycles. The summed E-state index contributed by atoms with van der Waals surface area (Å²) in [4.78, 5) is 10.7. The number of benzene rings is 1. The number of carbonyl (C=O) groups excluding carboxylic acids is 1. The van der Waals surface area contributed by atoms with Crippen LogP contribution in [0.3, 0.4) is 0 Å². The van der Waals surface area contributed by atoms with Crippen molar-refractivity contribution in [3.8, 4) is 0 Å². The first-order valence-corrected chi connectivity index (χ1v) is 5.06. The first-order chi connectivity index (χ1) is 6.36. The smallest absolute Gasteiger partial charge is 0.151 e. The molecule has 0 atom stereocenters. The summed E-state index contributed by atoms with van der Waals surface area (Å²) in [5.74, 6) is 0. The minimum Gasteiger partial charge on any atom is -0.298 e. The highest BCUT2D eigenvalue weighted by atomic mass is 35.5. The maximum atomic E-state index is 10.7. The summed E-state index contributed by atoms with van der Waals surface area (Å²) in [6, 6.07) is 3.58. The van der Waals surface area contributed by atoms with Gasteiger partial charge in [-0.05, 0) is 23.1 Å². The summed E-state index contributed by atoms with van der Waals surface area (Å²) in [6.45, 7) is 6.17. The van der Waals surface area contributed by atoms with Crippen molar-refractivity contribution < 1.29 is 4.79 Å². The predicted molar refractivity (Wildman–Crippen MR) is 60.5 cm³/mol. The van der Waals surface area contributed by atoms with E-state index in [2.05, 4.69) is 20.8 Å². The molecule has 0 aliphatic carbocycles. The molecule has 14 heavy (non-hydrogen) atoms. The molecule has 0 spiro atoms. The topological polar surface area (TPSA) is 17.1 Å². The molecule has 1 aromatic rings. The van der Waals surface area contributed by atoms with Gasteiger partial charge in [-0.2, -0.15) is 0 Å². The van der Waals surface area contributed by atoms with E-state index in [9.17, 15) is 4.79 Å². The summed E-state index contributed by atoms with van der Waals surface area (Å²) >= 11 is 11.8. The molecule has 0 amide bonds. The minimum atomic E-state index is -0.0357. The monoisotopic (exact) mass is 230 g/mol. The maximum Gasteiger partial charge on any atom is 0.151 e. The van der Waals surface area contributed by atoms with Crippen molar-refractivity contribution in [2.75, 3.05) is 0 Å². The molecule has 0 bridgehead atoms. The van der Waals surface area contributed by atoms with Crippen LogP contribution in [0, 0.1) is 0 Å². The number of hydrogen-bond donors (Lipinski definition) is 0. The van der Waals surface area contributed by atoms with Gasteiger partial charge in [0.25, 0.3) is 0 Å². The third kappa shape index (κ3) is 2.28. The number of halogens is 2. The fraction of sp³-hybridized carbons (Fsp3) is 0.364. The summed E-state index contributed by atoms with van der Waals surface area (Å²) < 4.78 is 0. The molecule has 1 rings (SSSR count). The highest BCUT2D eigenvalue weighted by Gasteiger charge is 2.17. The second-order valence-corrected chi connectivity index (χ2v) is 5.01. The molecule has 3 heteroatoms. The van der Waals surface area contributed by atoms with E-state index in [1.165, 1.54) is 0 Å². The van der Waals surface area contributed by atoms with Crippen LogP contribution in [-0.2, 0) is 5.41 Å². The summed E-state index contributed by atoms with van der Waals surface area (Å²) in [5, 5.41) is 0.760. The van der Waals surface area contributed by atoms with Crippen LogP contribution < -0.4 is 0 Å². The lowest BCUT2D eigenvalue weighted by molar-refractivity contribution is 0.112. The average Bonchev–Trinajstić information content (AvgIpc) is 2.07. The molecule has 1 nitrogen and oxygen atoms in total. The van der Waals surface area contributed by atoms with Crippen molar-refractivity contribution in [1.82, 2.24) is 0 Å². The zero-order valence-electron chi connectivity index (χ0n) is 8.40. The lowest BCUT2D eigenvalue weighted by atomic mass is 9.86. The van der Waals surface area contributed by atoms with Crippen LogP contribution in [-0.4, -0.2) is 6.29 Å². The first-order valence-electron chi connectivity index (χ1n) is 4.31. The molecular weight excluding hydrogens is 219 g/mol. The van der Waals surface area contributed by atoms with Crippen molar-refractivity contribution in [2.45, 2.75) is 26.2 Å². The Hall–Kier alpha value is -0.530. The van der Waals surface area contributed by atoms with Gasteiger partial charge in [-0.15, -0.1) is 0 Å². The Morgan fingerprint density at radius 1 is 1.21 bits per heavy atom. The van der Waals surface area contributed by atoms with Crippen LogP contribution in [0.1, 0.15) is 36.7 Å². The SMILES string of the molecule is CC(C)(C)c1cc(Cl)c(Cl)c(C=O)c1. The molecule has 0 saturated heterocycles. The largest absolute Gasteiger partial charge is 0.298 e. The van der Waals surface area contributed by atoms with Gasteiger partial charge in [0.15, 0.2) is 6.29 Å². The summed E-state index contributed by atoms with van der Waals surface area (Å²) in [7, 11) is 0. The minimum absolute atomic E-state index is 0.0357. The molecule has 0 fully saturated rings. The Labute approximate surface area is 94.0 Å². The molecule has 0 heterocycles. The van der Waals surface area contributed by atoms with Gasteiger partial charge in [0.2, 0.25) is 0 Å².